The highest BCUT2D eigenvalue weighted by atomic mass is 19.1. The van der Waals surface area contributed by atoms with Crippen molar-refractivity contribution in [2.24, 2.45) is 0 Å². The number of pyridine rings is 1. The fraction of sp³-hybridized carbons (Fsp3) is 0.348. The van der Waals surface area contributed by atoms with Crippen LogP contribution < -0.4 is 20.1 Å². The number of methoxy groups -OCH3 is 2. The first-order valence-corrected chi connectivity index (χ1v) is 10.2. The summed E-state index contributed by atoms with van der Waals surface area (Å²) in [6.07, 6.45) is 4.24. The summed E-state index contributed by atoms with van der Waals surface area (Å²) in [5, 5.41) is 16.4. The van der Waals surface area contributed by atoms with Crippen LogP contribution in [-0.4, -0.2) is 46.4 Å². The lowest BCUT2D eigenvalue weighted by molar-refractivity contribution is 0.215. The number of aliphatic hydroxyl groups is 1. The maximum Gasteiger partial charge on any atom is 0.225 e. The second-order valence-electron chi connectivity index (χ2n) is 7.62. The molecule has 8 nitrogen and oxygen atoms in total. The first kappa shape index (κ1) is 23.2. The zero-order valence-corrected chi connectivity index (χ0v) is 18.5. The van der Waals surface area contributed by atoms with Gasteiger partial charge < -0.3 is 25.2 Å². The molecule has 3 aromatic rings. The van der Waals surface area contributed by atoms with E-state index < -0.39 is 11.4 Å². The van der Waals surface area contributed by atoms with Crippen LogP contribution in [0, 0.1) is 5.82 Å². The van der Waals surface area contributed by atoms with E-state index >= 15 is 0 Å². The van der Waals surface area contributed by atoms with E-state index in [0.29, 0.717) is 47.7 Å². The van der Waals surface area contributed by atoms with Crippen LogP contribution in [0.15, 0.2) is 43.1 Å². The third-order valence-electron chi connectivity index (χ3n) is 5.10. The number of nitrogens with zero attached hydrogens (tertiary/aromatic N) is 3. The minimum absolute atomic E-state index is 0.126. The molecule has 0 amide bonds. The van der Waals surface area contributed by atoms with E-state index in [2.05, 4.69) is 32.2 Å². The molecule has 32 heavy (non-hydrogen) atoms. The Labute approximate surface area is 186 Å². The molecule has 0 spiro atoms. The van der Waals surface area contributed by atoms with Gasteiger partial charge in [-0.3, -0.25) is 0 Å². The van der Waals surface area contributed by atoms with Gasteiger partial charge >= 0.3 is 0 Å². The molecule has 3 rings (SSSR count). The summed E-state index contributed by atoms with van der Waals surface area (Å²) in [4.78, 5) is 13.1. The van der Waals surface area contributed by atoms with Crippen LogP contribution in [0.25, 0.3) is 11.0 Å². The molecule has 0 saturated carbocycles. The predicted molar refractivity (Wildman–Crippen MR) is 123 cm³/mol. The molecule has 2 aromatic heterocycles. The molecule has 0 aliphatic carbocycles. The average molecular weight is 442 g/mol. The van der Waals surface area contributed by atoms with Gasteiger partial charge in [-0.25, -0.2) is 14.4 Å². The topological polar surface area (TPSA) is 101 Å². The zero-order chi connectivity index (χ0) is 23.1. The van der Waals surface area contributed by atoms with E-state index in [9.17, 15) is 9.50 Å². The lowest BCUT2D eigenvalue weighted by Crippen LogP contribution is -2.39. The van der Waals surface area contributed by atoms with Gasteiger partial charge in [0.15, 0.2) is 5.82 Å². The maximum atomic E-state index is 13.8. The van der Waals surface area contributed by atoms with Crippen molar-refractivity contribution in [2.75, 3.05) is 31.5 Å². The molecule has 0 fully saturated rings. The number of halogens is 1. The highest BCUT2D eigenvalue weighted by Gasteiger charge is 2.25. The van der Waals surface area contributed by atoms with Gasteiger partial charge in [0.25, 0.3) is 0 Å². The number of hydrogen-bond donors (Lipinski definition) is 3. The van der Waals surface area contributed by atoms with Crippen molar-refractivity contribution < 1.29 is 19.0 Å². The number of ether oxygens (including phenoxy) is 2. The van der Waals surface area contributed by atoms with E-state index in [0.717, 1.165) is 11.8 Å². The predicted octanol–water partition coefficient (Wildman–Crippen LogP) is 3.92. The molecule has 9 heteroatoms. The zero-order valence-electron chi connectivity index (χ0n) is 18.5. The van der Waals surface area contributed by atoms with E-state index in [1.165, 1.54) is 6.07 Å². The molecule has 2 heterocycles. The molecule has 1 aromatic carbocycles. The van der Waals surface area contributed by atoms with E-state index in [1.807, 2.05) is 19.1 Å². The highest BCUT2D eigenvalue weighted by molar-refractivity contribution is 5.86. The van der Waals surface area contributed by atoms with Gasteiger partial charge in [0.1, 0.15) is 22.8 Å². The van der Waals surface area contributed by atoms with Crippen LogP contribution in [0.1, 0.15) is 25.3 Å². The summed E-state index contributed by atoms with van der Waals surface area (Å²) in [5.41, 5.74) is 0.963. The van der Waals surface area contributed by atoms with Crippen molar-refractivity contribution in [3.8, 4) is 11.5 Å². The largest absolute Gasteiger partial charge is 0.497 e. The Hall–Kier alpha value is -3.46. The van der Waals surface area contributed by atoms with Gasteiger partial charge in [0.05, 0.1) is 38.1 Å². The first-order valence-electron chi connectivity index (χ1n) is 10.2. The van der Waals surface area contributed by atoms with Gasteiger partial charge in [-0.15, -0.1) is 6.58 Å². The molecule has 0 aliphatic rings. The fourth-order valence-electron chi connectivity index (χ4n) is 3.22. The quantitative estimate of drug-likeness (QED) is 0.385. The van der Waals surface area contributed by atoms with Crippen molar-refractivity contribution >= 4 is 22.8 Å². The summed E-state index contributed by atoms with van der Waals surface area (Å²) in [6.45, 7) is 5.86. The Bertz CT molecular complexity index is 1090. The SMILES string of the molecule is C=CCCC(C)(CO)Nc1nc(NCc2ccc(OC)cc2OC)nc2cc(F)cnc12. The van der Waals surface area contributed by atoms with E-state index in [4.69, 9.17) is 9.47 Å². The van der Waals surface area contributed by atoms with Crippen LogP contribution in [0.3, 0.4) is 0 Å². The highest BCUT2D eigenvalue weighted by Crippen LogP contribution is 2.28. The third kappa shape index (κ3) is 5.42. The smallest absolute Gasteiger partial charge is 0.225 e. The standard InChI is InChI=1S/C23H28FN5O3/c1-5-6-9-23(2,14-30)29-21-20-18(10-16(24)13-25-20)27-22(28-21)26-12-15-7-8-17(31-3)11-19(15)32-4/h5,7-8,10-11,13,30H,1,6,9,12,14H2,2-4H3,(H2,26,27,28,29). The summed E-state index contributed by atoms with van der Waals surface area (Å²) >= 11 is 0. The number of aromatic nitrogens is 3. The van der Waals surface area contributed by atoms with E-state index in [1.54, 1.807) is 26.4 Å². The number of aliphatic hydroxyl groups excluding tert-OH is 1. The van der Waals surface area contributed by atoms with Crippen LogP contribution in [-0.2, 0) is 6.54 Å². The summed E-state index contributed by atoms with van der Waals surface area (Å²) in [5.74, 6) is 1.53. The summed E-state index contributed by atoms with van der Waals surface area (Å²) < 4.78 is 24.5. The van der Waals surface area contributed by atoms with Crippen molar-refractivity contribution in [3.05, 3.63) is 54.5 Å². The maximum absolute atomic E-state index is 13.8. The Kier molecular flexibility index (Phi) is 7.42. The van der Waals surface area contributed by atoms with Crippen molar-refractivity contribution in [1.82, 2.24) is 15.0 Å². The van der Waals surface area contributed by atoms with Gasteiger partial charge in [-0.2, -0.15) is 4.98 Å². The van der Waals surface area contributed by atoms with Crippen LogP contribution in [0.5, 0.6) is 11.5 Å². The molecule has 3 N–H and O–H groups in total. The molecule has 1 unspecified atom stereocenters. The number of fused-ring (bicyclic) bond motifs is 1. The first-order chi connectivity index (χ1) is 15.4. The van der Waals surface area contributed by atoms with Crippen molar-refractivity contribution in [1.29, 1.82) is 0 Å². The van der Waals surface area contributed by atoms with E-state index in [-0.39, 0.29) is 12.6 Å². The van der Waals surface area contributed by atoms with Gasteiger partial charge in [0.2, 0.25) is 5.95 Å². The molecule has 1 atom stereocenters. The molecular weight excluding hydrogens is 413 g/mol. The lowest BCUT2D eigenvalue weighted by Gasteiger charge is -2.29. The Morgan fingerprint density at radius 3 is 2.72 bits per heavy atom. The Morgan fingerprint density at radius 2 is 2.03 bits per heavy atom. The second kappa shape index (κ2) is 10.2. The molecule has 0 radical (unpaired) electrons. The molecule has 0 bridgehead atoms. The number of hydrogen-bond acceptors (Lipinski definition) is 8. The third-order valence-corrected chi connectivity index (χ3v) is 5.10. The molecular formula is C23H28FN5O3. The minimum Gasteiger partial charge on any atom is -0.497 e. The Balaban J connectivity index is 1.93. The number of rotatable bonds is 11. The number of allylic oxidation sites excluding steroid dienone is 1. The van der Waals surface area contributed by atoms with Gasteiger partial charge in [-0.1, -0.05) is 6.08 Å². The number of nitrogens with one attached hydrogen (secondary N) is 2. The van der Waals surface area contributed by atoms with Crippen molar-refractivity contribution in [3.63, 3.8) is 0 Å². The summed E-state index contributed by atoms with van der Waals surface area (Å²) in [6, 6.07) is 6.80. The molecule has 170 valence electrons. The number of anilines is 2. The number of benzene rings is 1. The lowest BCUT2D eigenvalue weighted by atomic mass is 9.96. The fourth-order valence-corrected chi connectivity index (χ4v) is 3.22. The Morgan fingerprint density at radius 1 is 1.22 bits per heavy atom. The summed E-state index contributed by atoms with van der Waals surface area (Å²) in [7, 11) is 3.17. The molecule has 0 aliphatic heterocycles. The van der Waals surface area contributed by atoms with Gasteiger partial charge in [-0.05, 0) is 31.9 Å². The van der Waals surface area contributed by atoms with Crippen LogP contribution in [0.4, 0.5) is 16.2 Å². The van der Waals surface area contributed by atoms with Crippen LogP contribution in [0.2, 0.25) is 0 Å². The monoisotopic (exact) mass is 441 g/mol. The van der Waals surface area contributed by atoms with Gasteiger partial charge in [0, 0.05) is 24.2 Å². The van der Waals surface area contributed by atoms with Crippen molar-refractivity contribution in [2.45, 2.75) is 31.8 Å². The minimum atomic E-state index is -0.665. The normalized spacial score (nSPS) is 12.8. The van der Waals surface area contributed by atoms with Crippen LogP contribution >= 0.6 is 0 Å². The second-order valence-corrected chi connectivity index (χ2v) is 7.62. The average Bonchev–Trinajstić information content (AvgIpc) is 2.81. The molecule has 0 saturated heterocycles.